The third-order valence-corrected chi connectivity index (χ3v) is 4.04. The molecule has 1 fully saturated rings. The fourth-order valence-electron chi connectivity index (χ4n) is 2.62. The van der Waals surface area contributed by atoms with Crippen LogP contribution in [0.5, 0.6) is 0 Å². The maximum atomic E-state index is 12.8. The average Bonchev–Trinajstić information content (AvgIpc) is 2.83. The van der Waals surface area contributed by atoms with Crippen molar-refractivity contribution in [2.75, 3.05) is 6.54 Å². The number of aliphatic hydroxyl groups is 1. The lowest BCUT2D eigenvalue weighted by molar-refractivity contribution is -0.140. The molecule has 0 aromatic carbocycles. The SMILES string of the molecule is CC[C@H](C)[C@H](NC(=O)OC(C)(C)C)C(=O)N1C[C@H](O)C[C@H]1C(N)=O. The number of alkyl carbamates (subject to hydrolysis) is 1. The Morgan fingerprint density at radius 1 is 1.38 bits per heavy atom. The van der Waals surface area contributed by atoms with Gasteiger partial charge in [-0.1, -0.05) is 20.3 Å². The molecule has 1 heterocycles. The highest BCUT2D eigenvalue weighted by molar-refractivity contribution is 5.91. The van der Waals surface area contributed by atoms with Crippen LogP contribution in [0.25, 0.3) is 0 Å². The van der Waals surface area contributed by atoms with E-state index >= 15 is 0 Å². The number of carbonyl (C=O) groups excluding carboxylic acids is 3. The number of primary amides is 1. The number of carbonyl (C=O) groups is 3. The number of aliphatic hydroxyl groups excluding tert-OH is 1. The van der Waals surface area contributed by atoms with Crippen molar-refractivity contribution in [1.29, 1.82) is 0 Å². The molecule has 0 saturated carbocycles. The fraction of sp³-hybridized carbons (Fsp3) is 0.812. The molecule has 4 N–H and O–H groups in total. The van der Waals surface area contributed by atoms with E-state index in [-0.39, 0.29) is 18.9 Å². The number of rotatable bonds is 5. The van der Waals surface area contributed by atoms with Gasteiger partial charge in [-0.15, -0.1) is 0 Å². The predicted molar refractivity (Wildman–Crippen MR) is 87.9 cm³/mol. The molecule has 0 radical (unpaired) electrons. The summed E-state index contributed by atoms with van der Waals surface area (Å²) in [7, 11) is 0. The van der Waals surface area contributed by atoms with Crippen LogP contribution in [-0.2, 0) is 14.3 Å². The molecule has 0 aromatic heterocycles. The van der Waals surface area contributed by atoms with E-state index in [1.54, 1.807) is 20.8 Å². The number of ether oxygens (including phenoxy) is 1. The maximum absolute atomic E-state index is 12.8. The first kappa shape index (κ1) is 20.2. The van der Waals surface area contributed by atoms with Crippen LogP contribution in [0.4, 0.5) is 4.79 Å². The van der Waals surface area contributed by atoms with Gasteiger partial charge in [-0.3, -0.25) is 9.59 Å². The second kappa shape index (κ2) is 7.83. The first-order valence-corrected chi connectivity index (χ1v) is 8.23. The summed E-state index contributed by atoms with van der Waals surface area (Å²) in [6, 6.07) is -1.71. The van der Waals surface area contributed by atoms with E-state index in [1.165, 1.54) is 4.90 Å². The molecule has 0 bridgehead atoms. The van der Waals surface area contributed by atoms with Gasteiger partial charge < -0.3 is 25.8 Å². The monoisotopic (exact) mass is 343 g/mol. The second-order valence-corrected chi connectivity index (χ2v) is 7.31. The Morgan fingerprint density at radius 3 is 2.42 bits per heavy atom. The number of β-amino-alcohol motifs (C(OH)–C–C–N with tert-alkyl or cyclic N) is 1. The number of nitrogens with one attached hydrogen (secondary N) is 1. The Hall–Kier alpha value is -1.83. The van der Waals surface area contributed by atoms with E-state index in [0.29, 0.717) is 6.42 Å². The number of hydrogen-bond donors (Lipinski definition) is 3. The first-order chi connectivity index (χ1) is 11.0. The van der Waals surface area contributed by atoms with Crippen molar-refractivity contribution in [2.24, 2.45) is 11.7 Å². The summed E-state index contributed by atoms with van der Waals surface area (Å²) in [6.45, 7) is 8.93. The quantitative estimate of drug-likeness (QED) is 0.666. The van der Waals surface area contributed by atoms with Crippen LogP contribution in [0.3, 0.4) is 0 Å². The number of amides is 3. The van der Waals surface area contributed by atoms with Crippen LogP contribution in [0.15, 0.2) is 0 Å². The Morgan fingerprint density at radius 2 is 1.96 bits per heavy atom. The third kappa shape index (κ3) is 5.36. The van der Waals surface area contributed by atoms with Gasteiger partial charge in [0.25, 0.3) is 0 Å². The van der Waals surface area contributed by atoms with Gasteiger partial charge in [0, 0.05) is 13.0 Å². The van der Waals surface area contributed by atoms with Crippen molar-refractivity contribution >= 4 is 17.9 Å². The molecular formula is C16H29N3O5. The van der Waals surface area contributed by atoms with Crippen LogP contribution in [0.2, 0.25) is 0 Å². The summed E-state index contributed by atoms with van der Waals surface area (Å²) >= 11 is 0. The van der Waals surface area contributed by atoms with Gasteiger partial charge in [0.2, 0.25) is 11.8 Å². The predicted octanol–water partition coefficient (Wildman–Crippen LogP) is 0.373. The van der Waals surface area contributed by atoms with E-state index in [1.807, 2.05) is 13.8 Å². The van der Waals surface area contributed by atoms with E-state index in [2.05, 4.69) is 5.32 Å². The molecular weight excluding hydrogens is 314 g/mol. The molecule has 8 nitrogen and oxygen atoms in total. The lowest BCUT2D eigenvalue weighted by atomic mass is 9.97. The molecule has 4 atom stereocenters. The van der Waals surface area contributed by atoms with Crippen LogP contribution >= 0.6 is 0 Å². The normalized spacial score (nSPS) is 23.5. The smallest absolute Gasteiger partial charge is 0.408 e. The maximum Gasteiger partial charge on any atom is 0.408 e. The topological polar surface area (TPSA) is 122 Å². The molecule has 1 rings (SSSR count). The van der Waals surface area contributed by atoms with E-state index < -0.39 is 41.7 Å². The van der Waals surface area contributed by atoms with E-state index in [4.69, 9.17) is 10.5 Å². The molecule has 0 aliphatic carbocycles. The molecule has 3 amide bonds. The molecule has 0 aromatic rings. The number of nitrogens with two attached hydrogens (primary N) is 1. The largest absolute Gasteiger partial charge is 0.444 e. The molecule has 1 saturated heterocycles. The standard InChI is InChI=1S/C16H29N3O5/c1-6-9(2)12(18-15(23)24-16(3,4)5)14(22)19-8-10(20)7-11(19)13(17)21/h9-12,20H,6-8H2,1-5H3,(H2,17,21)(H,18,23)/t9-,10+,11-,12-/m0/s1. The van der Waals surface area contributed by atoms with Crippen LogP contribution in [0.1, 0.15) is 47.5 Å². The molecule has 0 unspecified atom stereocenters. The molecule has 0 spiro atoms. The van der Waals surface area contributed by atoms with E-state index in [0.717, 1.165) is 0 Å². The molecule has 1 aliphatic rings. The lowest BCUT2D eigenvalue weighted by Gasteiger charge is -2.31. The summed E-state index contributed by atoms with van der Waals surface area (Å²) in [5, 5.41) is 12.4. The zero-order chi connectivity index (χ0) is 18.7. The van der Waals surface area contributed by atoms with Gasteiger partial charge in [-0.05, 0) is 26.7 Å². The highest BCUT2D eigenvalue weighted by Crippen LogP contribution is 2.21. The summed E-state index contributed by atoms with van der Waals surface area (Å²) < 4.78 is 5.21. The molecule has 1 aliphatic heterocycles. The highest BCUT2D eigenvalue weighted by atomic mass is 16.6. The van der Waals surface area contributed by atoms with Gasteiger partial charge >= 0.3 is 6.09 Å². The van der Waals surface area contributed by atoms with Gasteiger partial charge in [-0.25, -0.2) is 4.79 Å². The fourth-order valence-corrected chi connectivity index (χ4v) is 2.62. The zero-order valence-electron chi connectivity index (χ0n) is 15.0. The van der Waals surface area contributed by atoms with Crippen molar-refractivity contribution in [3.63, 3.8) is 0 Å². The lowest BCUT2D eigenvalue weighted by Crippen LogP contribution is -2.55. The van der Waals surface area contributed by atoms with E-state index in [9.17, 15) is 19.5 Å². The number of likely N-dealkylation sites (tertiary alicyclic amines) is 1. The van der Waals surface area contributed by atoms with Crippen LogP contribution in [0, 0.1) is 5.92 Å². The minimum absolute atomic E-state index is 0.0232. The van der Waals surface area contributed by atoms with Crippen molar-refractivity contribution in [1.82, 2.24) is 10.2 Å². The zero-order valence-corrected chi connectivity index (χ0v) is 15.0. The highest BCUT2D eigenvalue weighted by Gasteiger charge is 2.42. The second-order valence-electron chi connectivity index (χ2n) is 7.31. The Bertz CT molecular complexity index is 489. The van der Waals surface area contributed by atoms with Gasteiger partial charge in [0.15, 0.2) is 0 Å². The first-order valence-electron chi connectivity index (χ1n) is 8.23. The Labute approximate surface area is 142 Å². The molecule has 8 heteroatoms. The van der Waals surface area contributed by atoms with Crippen molar-refractivity contribution in [3.8, 4) is 0 Å². The van der Waals surface area contributed by atoms with Crippen LogP contribution in [-0.4, -0.2) is 58.2 Å². The minimum atomic E-state index is -0.862. The van der Waals surface area contributed by atoms with Gasteiger partial charge in [-0.2, -0.15) is 0 Å². The average molecular weight is 343 g/mol. The van der Waals surface area contributed by atoms with Crippen LogP contribution < -0.4 is 11.1 Å². The minimum Gasteiger partial charge on any atom is -0.444 e. The molecule has 138 valence electrons. The summed E-state index contributed by atoms with van der Waals surface area (Å²) in [6.07, 6.45) is -0.744. The number of nitrogens with zero attached hydrogens (tertiary/aromatic N) is 1. The Balaban J connectivity index is 2.93. The third-order valence-electron chi connectivity index (χ3n) is 4.04. The van der Waals surface area contributed by atoms with Gasteiger partial charge in [0.1, 0.15) is 17.7 Å². The summed E-state index contributed by atoms with van der Waals surface area (Å²) in [4.78, 5) is 37.7. The van der Waals surface area contributed by atoms with Gasteiger partial charge in [0.05, 0.1) is 6.10 Å². The van der Waals surface area contributed by atoms with Crippen molar-refractivity contribution < 1.29 is 24.2 Å². The summed E-state index contributed by atoms with van der Waals surface area (Å²) in [5.74, 6) is -1.27. The molecule has 24 heavy (non-hydrogen) atoms. The van der Waals surface area contributed by atoms with Crippen molar-refractivity contribution in [3.05, 3.63) is 0 Å². The summed E-state index contributed by atoms with van der Waals surface area (Å²) in [5.41, 5.74) is 4.64. The van der Waals surface area contributed by atoms with Crippen molar-refractivity contribution in [2.45, 2.75) is 71.2 Å². The Kier molecular flexibility index (Phi) is 6.59. The number of hydrogen-bond acceptors (Lipinski definition) is 5.